The van der Waals surface area contributed by atoms with Gasteiger partial charge in [-0.1, -0.05) is 172 Å². The van der Waals surface area contributed by atoms with Gasteiger partial charge in [-0.05, 0) is 116 Å². The maximum Gasteiger partial charge on any atom is 0.124 e. The molecule has 0 saturated carbocycles. The van der Waals surface area contributed by atoms with Gasteiger partial charge in [-0.2, -0.15) is 0 Å². The highest BCUT2D eigenvalue weighted by Crippen LogP contribution is 2.56. The van der Waals surface area contributed by atoms with Crippen molar-refractivity contribution in [2.24, 2.45) is 17.8 Å². The smallest absolute Gasteiger partial charge is 0.124 e. The highest BCUT2D eigenvalue weighted by atomic mass is 16.5. The molecule has 0 amide bonds. The lowest BCUT2D eigenvalue weighted by Gasteiger charge is -2.38. The van der Waals surface area contributed by atoms with Crippen LogP contribution < -0.4 is 9.64 Å². The Morgan fingerprint density at radius 1 is 0.574 bits per heavy atom. The second kappa shape index (κ2) is 14.2. The zero-order valence-electron chi connectivity index (χ0n) is 34.7. The van der Waals surface area contributed by atoms with Gasteiger partial charge >= 0.3 is 0 Å². The van der Waals surface area contributed by atoms with Crippen LogP contribution in [0.1, 0.15) is 65.8 Å². The van der Waals surface area contributed by atoms with Gasteiger partial charge in [-0.15, -0.1) is 0 Å². The van der Waals surface area contributed by atoms with Crippen LogP contribution in [0.4, 0.5) is 17.1 Å². The first-order valence-electron chi connectivity index (χ1n) is 22.2. The molecule has 1 aliphatic heterocycles. The number of nitrogens with zero attached hydrogens (tertiary/aromatic N) is 1. The van der Waals surface area contributed by atoms with Crippen LogP contribution in [0.15, 0.2) is 206 Å². The Hall–Kier alpha value is -6.64. The van der Waals surface area contributed by atoms with E-state index in [1.54, 1.807) is 0 Å². The van der Waals surface area contributed by atoms with Gasteiger partial charge in [0.25, 0.3) is 0 Å². The summed E-state index contributed by atoms with van der Waals surface area (Å²) in [5.41, 5.74) is 14.2. The van der Waals surface area contributed by atoms with Gasteiger partial charge in [0.05, 0.1) is 0 Å². The SMILES string of the molecule is CC1(C)c2cc(N(c3ccc(-c4cccc5c4C4C=C(c6ccc7ccccc7c6)C6C=CC=CC6C4O5)cc3)c3ccc(C4C=CC=CC4)cc3)ccc2C2C=CC=CC21. The van der Waals surface area contributed by atoms with Gasteiger partial charge < -0.3 is 9.64 Å². The predicted octanol–water partition coefficient (Wildman–Crippen LogP) is 15.0. The minimum Gasteiger partial charge on any atom is -0.488 e. The van der Waals surface area contributed by atoms with E-state index in [1.165, 1.54) is 61.0 Å². The largest absolute Gasteiger partial charge is 0.488 e. The highest BCUT2D eigenvalue weighted by molar-refractivity contribution is 5.88. The summed E-state index contributed by atoms with van der Waals surface area (Å²) in [4.78, 5) is 2.45. The zero-order chi connectivity index (χ0) is 40.7. The lowest BCUT2D eigenvalue weighted by Crippen LogP contribution is -2.36. The standard InChI is InChI=1S/C59H49NO/c1-59(2)54-21-11-10-18-49(54)50-34-33-46(36-55(50)59)60(44-29-25-40(26-30-44)38-13-4-3-5-14-38)45-31-27-41(28-32-45)47-20-12-22-56-57(47)53-37-52(48-17-8-9-19-51(48)58(53)61-56)43-24-23-39-15-6-7-16-42(39)35-43/h3-13,15-38,48-49,51,53-54,58H,14H2,1-2H3. The third kappa shape index (κ3) is 5.91. The van der Waals surface area contributed by atoms with Gasteiger partial charge in [-0.3, -0.25) is 0 Å². The van der Waals surface area contributed by atoms with E-state index in [9.17, 15) is 0 Å². The van der Waals surface area contributed by atoms with Gasteiger partial charge in [0.2, 0.25) is 0 Å². The second-order valence-electron chi connectivity index (χ2n) is 18.3. The molecule has 296 valence electrons. The third-order valence-corrected chi connectivity index (χ3v) is 14.7. The molecule has 7 atom stereocenters. The topological polar surface area (TPSA) is 12.5 Å². The zero-order valence-corrected chi connectivity index (χ0v) is 34.7. The van der Waals surface area contributed by atoms with Crippen molar-refractivity contribution in [1.29, 1.82) is 0 Å². The molecule has 0 radical (unpaired) electrons. The van der Waals surface area contributed by atoms with Crippen molar-refractivity contribution in [3.8, 4) is 16.9 Å². The molecule has 2 nitrogen and oxygen atoms in total. The van der Waals surface area contributed by atoms with E-state index in [4.69, 9.17) is 4.74 Å². The summed E-state index contributed by atoms with van der Waals surface area (Å²) in [7, 11) is 0. The summed E-state index contributed by atoms with van der Waals surface area (Å²) in [6, 6.07) is 48.0. The van der Waals surface area contributed by atoms with E-state index in [2.05, 4.69) is 225 Å². The number of hydrogen-bond acceptors (Lipinski definition) is 2. The third-order valence-electron chi connectivity index (χ3n) is 14.7. The van der Waals surface area contributed by atoms with Crippen molar-refractivity contribution < 1.29 is 4.74 Å². The molecule has 1 heterocycles. The molecule has 5 aliphatic carbocycles. The Kier molecular flexibility index (Phi) is 8.46. The molecule has 12 rings (SSSR count). The Balaban J connectivity index is 0.936. The molecule has 0 N–H and O–H groups in total. The first-order chi connectivity index (χ1) is 30.0. The summed E-state index contributed by atoms with van der Waals surface area (Å²) in [5.74, 6) is 2.95. The Morgan fingerprint density at radius 3 is 2.11 bits per heavy atom. The summed E-state index contributed by atoms with van der Waals surface area (Å²) >= 11 is 0. The van der Waals surface area contributed by atoms with Crippen LogP contribution in [-0.2, 0) is 5.41 Å². The fourth-order valence-corrected chi connectivity index (χ4v) is 11.6. The molecule has 0 bridgehead atoms. The van der Waals surface area contributed by atoms with E-state index < -0.39 is 0 Å². The number of allylic oxidation sites excluding steroid dienone is 12. The Morgan fingerprint density at radius 2 is 1.30 bits per heavy atom. The molecule has 2 heteroatoms. The van der Waals surface area contributed by atoms with E-state index >= 15 is 0 Å². The quantitative estimate of drug-likeness (QED) is 0.167. The van der Waals surface area contributed by atoms with Crippen LogP contribution in [0.5, 0.6) is 5.75 Å². The lowest BCUT2D eigenvalue weighted by atomic mass is 9.67. The predicted molar refractivity (Wildman–Crippen MR) is 254 cm³/mol. The van der Waals surface area contributed by atoms with Crippen LogP contribution in [0.2, 0.25) is 0 Å². The maximum atomic E-state index is 6.96. The molecule has 0 fully saturated rings. The number of anilines is 3. The van der Waals surface area contributed by atoms with E-state index in [0.29, 0.717) is 17.8 Å². The summed E-state index contributed by atoms with van der Waals surface area (Å²) in [6.07, 6.45) is 31.0. The number of hydrogen-bond donors (Lipinski definition) is 0. The number of rotatable bonds is 6. The van der Waals surface area contributed by atoms with Crippen LogP contribution in [0, 0.1) is 17.8 Å². The molecule has 6 aliphatic rings. The molecular weight excluding hydrogens is 739 g/mol. The number of fused-ring (bicyclic) bond motifs is 9. The first-order valence-corrected chi connectivity index (χ1v) is 22.2. The Bertz CT molecular complexity index is 2930. The van der Waals surface area contributed by atoms with Crippen molar-refractivity contribution in [1.82, 2.24) is 0 Å². The van der Waals surface area contributed by atoms with Crippen molar-refractivity contribution in [3.63, 3.8) is 0 Å². The van der Waals surface area contributed by atoms with Crippen LogP contribution >= 0.6 is 0 Å². The minimum atomic E-state index is 0.0244. The number of ether oxygens (including phenoxy) is 1. The monoisotopic (exact) mass is 787 g/mol. The fourth-order valence-electron chi connectivity index (χ4n) is 11.6. The van der Waals surface area contributed by atoms with E-state index in [1.807, 2.05) is 0 Å². The molecular formula is C59H49NO. The molecule has 6 aromatic rings. The van der Waals surface area contributed by atoms with Crippen molar-refractivity contribution >= 4 is 33.4 Å². The fraction of sp³-hybridized carbons (Fsp3) is 0.186. The van der Waals surface area contributed by atoms with Crippen LogP contribution in [0.3, 0.4) is 0 Å². The van der Waals surface area contributed by atoms with Gasteiger partial charge in [0.1, 0.15) is 11.9 Å². The minimum absolute atomic E-state index is 0.0244. The summed E-state index contributed by atoms with van der Waals surface area (Å²) in [5, 5.41) is 2.55. The number of benzene rings is 6. The average molecular weight is 788 g/mol. The normalized spacial score (nSPS) is 25.6. The molecule has 7 unspecified atom stereocenters. The van der Waals surface area contributed by atoms with E-state index in [-0.39, 0.29) is 29.3 Å². The second-order valence-corrected chi connectivity index (χ2v) is 18.3. The molecule has 0 aromatic heterocycles. The van der Waals surface area contributed by atoms with Crippen molar-refractivity contribution in [3.05, 3.63) is 234 Å². The first kappa shape index (κ1) is 36.2. The van der Waals surface area contributed by atoms with Gasteiger partial charge in [0, 0.05) is 52.2 Å². The summed E-state index contributed by atoms with van der Waals surface area (Å²) in [6.45, 7) is 4.84. The molecule has 6 aromatic carbocycles. The summed E-state index contributed by atoms with van der Waals surface area (Å²) < 4.78 is 6.96. The molecule has 61 heavy (non-hydrogen) atoms. The van der Waals surface area contributed by atoms with Crippen LogP contribution in [0.25, 0.3) is 27.5 Å². The lowest BCUT2D eigenvalue weighted by molar-refractivity contribution is 0.152. The molecule has 0 spiro atoms. The highest BCUT2D eigenvalue weighted by Gasteiger charge is 2.47. The maximum absolute atomic E-state index is 6.96. The Labute approximate surface area is 359 Å². The van der Waals surface area contributed by atoms with Gasteiger partial charge in [-0.25, -0.2) is 0 Å². The van der Waals surface area contributed by atoms with Crippen LogP contribution in [-0.4, -0.2) is 6.10 Å². The van der Waals surface area contributed by atoms with Crippen molar-refractivity contribution in [2.45, 2.75) is 49.5 Å². The average Bonchev–Trinajstić information content (AvgIpc) is 3.81. The van der Waals surface area contributed by atoms with E-state index in [0.717, 1.165) is 23.5 Å². The van der Waals surface area contributed by atoms with Crippen molar-refractivity contribution in [2.75, 3.05) is 4.90 Å². The van der Waals surface area contributed by atoms with Gasteiger partial charge in [0.15, 0.2) is 0 Å². The molecule has 0 saturated heterocycles.